The van der Waals surface area contributed by atoms with Crippen molar-refractivity contribution in [1.82, 2.24) is 4.98 Å². The summed E-state index contributed by atoms with van der Waals surface area (Å²) in [5.74, 6) is -0.133. The topological polar surface area (TPSA) is 63.6 Å². The van der Waals surface area contributed by atoms with Crippen LogP contribution in [0.25, 0.3) is 0 Å². The summed E-state index contributed by atoms with van der Waals surface area (Å²) in [6.45, 7) is 1.91. The van der Waals surface area contributed by atoms with E-state index in [1.54, 1.807) is 30.6 Å². The molecule has 2 aromatic rings. The molecule has 0 unspecified atom stereocenters. The Hall–Kier alpha value is -2.11. The molecule has 0 atom stereocenters. The molecule has 0 bridgehead atoms. The molecule has 0 saturated heterocycles. The van der Waals surface area contributed by atoms with E-state index in [-0.39, 0.29) is 12.3 Å². The maximum atomic E-state index is 12.1. The van der Waals surface area contributed by atoms with E-state index in [9.17, 15) is 4.79 Å². The lowest BCUT2D eigenvalue weighted by Crippen LogP contribution is -2.14. The third-order valence-corrected chi connectivity index (χ3v) is 3.94. The van der Waals surface area contributed by atoms with Gasteiger partial charge in [-0.25, -0.2) is 0 Å². The average molecular weight is 366 g/mol. The fraction of sp³-hybridized carbons (Fsp3) is 0.235. The van der Waals surface area contributed by atoms with Gasteiger partial charge in [0.15, 0.2) is 0 Å². The van der Waals surface area contributed by atoms with Gasteiger partial charge in [-0.2, -0.15) is 0 Å². The van der Waals surface area contributed by atoms with Crippen LogP contribution in [0, 0.1) is 6.92 Å². The molecular weight excluding hydrogens is 349 g/mol. The molecule has 0 spiro atoms. The van der Waals surface area contributed by atoms with Gasteiger partial charge in [-0.1, -0.05) is 34.4 Å². The van der Waals surface area contributed by atoms with E-state index in [1.165, 1.54) is 7.11 Å². The number of anilines is 1. The predicted molar refractivity (Wildman–Crippen MR) is 96.8 cm³/mol. The summed E-state index contributed by atoms with van der Waals surface area (Å²) in [7, 11) is 1.45. The minimum absolute atomic E-state index is 0.133. The summed E-state index contributed by atoms with van der Waals surface area (Å²) in [5.41, 5.74) is 3.02. The van der Waals surface area contributed by atoms with Crippen molar-refractivity contribution < 1.29 is 9.63 Å². The lowest BCUT2D eigenvalue weighted by molar-refractivity contribution is -0.116. The summed E-state index contributed by atoms with van der Waals surface area (Å²) in [6.07, 6.45) is 3.98. The van der Waals surface area contributed by atoms with Crippen LogP contribution in [0.5, 0.6) is 0 Å². The number of hydrogen-bond donors (Lipinski definition) is 1. The predicted octanol–water partition coefficient (Wildman–Crippen LogP) is 4.47. The van der Waals surface area contributed by atoms with Crippen LogP contribution in [0.1, 0.15) is 24.0 Å². The Balaban J connectivity index is 2.02. The van der Waals surface area contributed by atoms with E-state index in [0.29, 0.717) is 27.9 Å². The van der Waals surface area contributed by atoms with E-state index in [4.69, 9.17) is 28.0 Å². The molecule has 0 radical (unpaired) electrons. The van der Waals surface area contributed by atoms with Crippen molar-refractivity contribution in [3.63, 3.8) is 0 Å². The van der Waals surface area contributed by atoms with Gasteiger partial charge in [-0.15, -0.1) is 0 Å². The van der Waals surface area contributed by atoms with Gasteiger partial charge in [0.1, 0.15) is 7.11 Å². The fourth-order valence-electron chi connectivity index (χ4n) is 2.11. The second kappa shape index (κ2) is 8.66. The zero-order valence-corrected chi connectivity index (χ0v) is 14.9. The second-order valence-corrected chi connectivity index (χ2v) is 5.96. The number of nitrogens with zero attached hydrogens (tertiary/aromatic N) is 2. The lowest BCUT2D eigenvalue weighted by atomic mass is 10.1. The lowest BCUT2D eigenvalue weighted by Gasteiger charge is -2.08. The Morgan fingerprint density at radius 3 is 2.67 bits per heavy atom. The van der Waals surface area contributed by atoms with Crippen LogP contribution < -0.4 is 5.32 Å². The minimum atomic E-state index is -0.133. The molecular formula is C17H17Cl2N3O2. The smallest absolute Gasteiger partial charge is 0.224 e. The van der Waals surface area contributed by atoms with Crippen LogP contribution in [0.2, 0.25) is 10.0 Å². The Kier molecular flexibility index (Phi) is 6.58. The number of carbonyl (C=O) groups excluding carboxylic acids is 1. The number of amides is 1. The number of rotatable bonds is 6. The first-order valence-electron chi connectivity index (χ1n) is 7.26. The number of hydrogen-bond acceptors (Lipinski definition) is 4. The second-order valence-electron chi connectivity index (χ2n) is 5.15. The van der Waals surface area contributed by atoms with Gasteiger partial charge >= 0.3 is 0 Å². The number of carbonyl (C=O) groups is 1. The van der Waals surface area contributed by atoms with E-state index in [2.05, 4.69) is 15.5 Å². The van der Waals surface area contributed by atoms with Crippen LogP contribution in [0.3, 0.4) is 0 Å². The van der Waals surface area contributed by atoms with E-state index in [0.717, 1.165) is 11.1 Å². The molecule has 5 nitrogen and oxygen atoms in total. The number of benzene rings is 1. The van der Waals surface area contributed by atoms with E-state index >= 15 is 0 Å². The van der Waals surface area contributed by atoms with Gasteiger partial charge in [-0.3, -0.25) is 9.78 Å². The molecule has 126 valence electrons. The van der Waals surface area contributed by atoms with Crippen molar-refractivity contribution >= 4 is 40.5 Å². The number of pyridine rings is 1. The zero-order valence-electron chi connectivity index (χ0n) is 13.3. The van der Waals surface area contributed by atoms with Crippen LogP contribution in [-0.2, 0) is 9.63 Å². The van der Waals surface area contributed by atoms with Crippen LogP contribution >= 0.6 is 23.2 Å². The maximum absolute atomic E-state index is 12.1. The normalized spacial score (nSPS) is 11.2. The van der Waals surface area contributed by atoms with Crippen molar-refractivity contribution in [3.8, 4) is 0 Å². The number of nitrogens with one attached hydrogen (secondary N) is 1. The summed E-state index contributed by atoms with van der Waals surface area (Å²) in [4.78, 5) is 21.0. The Morgan fingerprint density at radius 2 is 2.00 bits per heavy atom. The average Bonchev–Trinajstić information content (AvgIpc) is 2.54. The minimum Gasteiger partial charge on any atom is -0.399 e. The highest BCUT2D eigenvalue weighted by Gasteiger charge is 2.11. The number of oxime groups is 1. The van der Waals surface area contributed by atoms with Crippen molar-refractivity contribution in [2.75, 3.05) is 12.4 Å². The zero-order chi connectivity index (χ0) is 17.5. The molecule has 0 saturated carbocycles. The summed E-state index contributed by atoms with van der Waals surface area (Å²) >= 11 is 11.9. The number of aryl methyl sites for hydroxylation is 1. The van der Waals surface area contributed by atoms with Crippen molar-refractivity contribution in [2.45, 2.75) is 19.8 Å². The summed E-state index contributed by atoms with van der Waals surface area (Å²) in [6, 6.07) is 7.02. The summed E-state index contributed by atoms with van der Waals surface area (Å²) < 4.78 is 0. The number of aromatic nitrogens is 1. The van der Waals surface area contributed by atoms with Gasteiger partial charge in [0.25, 0.3) is 0 Å². The third-order valence-electron chi connectivity index (χ3n) is 3.20. The molecule has 0 aliphatic heterocycles. The van der Waals surface area contributed by atoms with E-state index < -0.39 is 0 Å². The molecule has 1 aromatic carbocycles. The molecule has 1 N–H and O–H groups in total. The Labute approximate surface area is 150 Å². The summed E-state index contributed by atoms with van der Waals surface area (Å²) in [5, 5.41) is 7.67. The number of halogens is 2. The largest absolute Gasteiger partial charge is 0.399 e. The fourth-order valence-corrected chi connectivity index (χ4v) is 2.41. The molecule has 0 aliphatic rings. The molecule has 1 aromatic heterocycles. The first-order chi connectivity index (χ1) is 11.5. The highest BCUT2D eigenvalue weighted by molar-refractivity contribution is 6.42. The van der Waals surface area contributed by atoms with Crippen molar-refractivity contribution in [3.05, 3.63) is 57.8 Å². The van der Waals surface area contributed by atoms with Gasteiger partial charge < -0.3 is 10.2 Å². The maximum Gasteiger partial charge on any atom is 0.224 e. The SMILES string of the molecule is CON=C(CCC(=O)Nc1cncc(C)c1)c1ccc(Cl)c(Cl)c1. The highest BCUT2D eigenvalue weighted by atomic mass is 35.5. The first-order valence-corrected chi connectivity index (χ1v) is 8.02. The molecule has 0 aliphatic carbocycles. The van der Waals surface area contributed by atoms with Gasteiger partial charge in [0.2, 0.25) is 5.91 Å². The molecule has 1 amide bonds. The first kappa shape index (κ1) is 18.2. The molecule has 24 heavy (non-hydrogen) atoms. The van der Waals surface area contributed by atoms with Crippen LogP contribution in [0.4, 0.5) is 5.69 Å². The Bertz CT molecular complexity index is 763. The van der Waals surface area contributed by atoms with Gasteiger partial charge in [0.05, 0.1) is 27.6 Å². The molecule has 0 fully saturated rings. The van der Waals surface area contributed by atoms with Crippen LogP contribution in [-0.4, -0.2) is 23.7 Å². The molecule has 2 rings (SSSR count). The monoisotopic (exact) mass is 365 g/mol. The molecule has 7 heteroatoms. The van der Waals surface area contributed by atoms with Crippen molar-refractivity contribution in [2.24, 2.45) is 5.16 Å². The van der Waals surface area contributed by atoms with Crippen LogP contribution in [0.15, 0.2) is 41.8 Å². The standard InChI is InChI=1S/C17H17Cl2N3O2/c1-11-7-13(10-20-9-11)21-17(23)6-5-16(22-24-2)12-3-4-14(18)15(19)8-12/h3-4,7-10H,5-6H2,1-2H3,(H,21,23). The van der Waals surface area contributed by atoms with E-state index in [1.807, 2.05) is 13.0 Å². The van der Waals surface area contributed by atoms with Crippen molar-refractivity contribution in [1.29, 1.82) is 0 Å². The van der Waals surface area contributed by atoms with Gasteiger partial charge in [-0.05, 0) is 30.7 Å². The quantitative estimate of drug-likeness (QED) is 0.606. The Morgan fingerprint density at radius 1 is 1.21 bits per heavy atom. The molecule has 1 heterocycles. The highest BCUT2D eigenvalue weighted by Crippen LogP contribution is 2.23. The van der Waals surface area contributed by atoms with Gasteiger partial charge in [0, 0.05) is 24.6 Å². The third kappa shape index (κ3) is 5.22.